The summed E-state index contributed by atoms with van der Waals surface area (Å²) in [6.07, 6.45) is 0.804. The zero-order valence-electron chi connectivity index (χ0n) is 13.0. The second kappa shape index (κ2) is 5.40. The summed E-state index contributed by atoms with van der Waals surface area (Å²) in [5.41, 5.74) is 3.62. The molecule has 0 radical (unpaired) electrons. The number of hydrogen-bond donors (Lipinski definition) is 1. The largest absolute Gasteiger partial charge is 0.377 e. The van der Waals surface area contributed by atoms with Crippen LogP contribution in [-0.4, -0.2) is 4.92 Å². The van der Waals surface area contributed by atoms with E-state index in [1.165, 1.54) is 6.07 Å². The van der Waals surface area contributed by atoms with Crippen LogP contribution in [0.15, 0.2) is 42.5 Å². The number of anilines is 1. The zero-order chi connectivity index (χ0) is 16.6. The molecule has 1 N–H and O–H groups in total. The smallest absolute Gasteiger partial charge is 0.269 e. The molecule has 23 heavy (non-hydrogen) atoms. The molecule has 0 aromatic heterocycles. The van der Waals surface area contributed by atoms with Crippen molar-refractivity contribution >= 4 is 11.4 Å². The summed E-state index contributed by atoms with van der Waals surface area (Å²) in [4.78, 5) is 10.7. The van der Waals surface area contributed by atoms with E-state index >= 15 is 0 Å². The number of rotatable bonds is 2. The van der Waals surface area contributed by atoms with Gasteiger partial charge in [0.25, 0.3) is 5.69 Å². The first-order chi connectivity index (χ1) is 10.9. The number of nitrogens with one attached hydrogen (secondary N) is 1. The first-order valence-electron chi connectivity index (χ1n) is 7.44. The average Bonchev–Trinajstić information content (AvgIpc) is 2.52. The Bertz CT molecular complexity index is 821. The number of hydrogen-bond acceptors (Lipinski definition) is 4. The summed E-state index contributed by atoms with van der Waals surface area (Å²) in [7, 11) is 0. The van der Waals surface area contributed by atoms with Crippen molar-refractivity contribution in [3.05, 3.63) is 69.3 Å². The summed E-state index contributed by atoms with van der Waals surface area (Å²) in [5.74, 6) is 0. The van der Waals surface area contributed by atoms with Crippen LogP contribution in [0.25, 0.3) is 0 Å². The van der Waals surface area contributed by atoms with Crippen molar-refractivity contribution in [3.8, 4) is 6.07 Å². The summed E-state index contributed by atoms with van der Waals surface area (Å²) < 4.78 is 0. The van der Waals surface area contributed by atoms with E-state index in [1.54, 1.807) is 18.2 Å². The van der Waals surface area contributed by atoms with Gasteiger partial charge in [0.05, 0.1) is 22.6 Å². The molecule has 2 aromatic rings. The molecule has 0 aliphatic carbocycles. The van der Waals surface area contributed by atoms with E-state index < -0.39 is 0 Å². The monoisotopic (exact) mass is 307 g/mol. The van der Waals surface area contributed by atoms with Gasteiger partial charge in [0.1, 0.15) is 0 Å². The van der Waals surface area contributed by atoms with Gasteiger partial charge in [-0.25, -0.2) is 0 Å². The Kier molecular flexibility index (Phi) is 3.53. The lowest BCUT2D eigenvalue weighted by molar-refractivity contribution is -0.384. The van der Waals surface area contributed by atoms with Crippen molar-refractivity contribution in [3.63, 3.8) is 0 Å². The van der Waals surface area contributed by atoms with Crippen LogP contribution in [0.2, 0.25) is 0 Å². The molecule has 1 unspecified atom stereocenters. The first-order valence-corrected chi connectivity index (χ1v) is 7.44. The summed E-state index contributed by atoms with van der Waals surface area (Å²) >= 11 is 0. The van der Waals surface area contributed by atoms with E-state index in [0.717, 1.165) is 23.2 Å². The van der Waals surface area contributed by atoms with E-state index in [9.17, 15) is 10.1 Å². The molecule has 0 fully saturated rings. The fourth-order valence-corrected chi connectivity index (χ4v) is 3.25. The molecule has 116 valence electrons. The van der Waals surface area contributed by atoms with Crippen molar-refractivity contribution in [1.82, 2.24) is 0 Å². The van der Waals surface area contributed by atoms with Gasteiger partial charge in [-0.1, -0.05) is 26.0 Å². The van der Waals surface area contributed by atoms with Crippen LogP contribution in [0.5, 0.6) is 0 Å². The number of fused-ring (bicyclic) bond motifs is 1. The van der Waals surface area contributed by atoms with Crippen molar-refractivity contribution in [1.29, 1.82) is 5.26 Å². The Hall–Kier alpha value is -2.87. The molecule has 1 atom stereocenters. The topological polar surface area (TPSA) is 79.0 Å². The number of benzene rings is 2. The van der Waals surface area contributed by atoms with E-state index in [2.05, 4.69) is 25.2 Å². The third kappa shape index (κ3) is 2.76. The van der Waals surface area contributed by atoms with Crippen molar-refractivity contribution in [2.24, 2.45) is 5.41 Å². The van der Waals surface area contributed by atoms with Crippen LogP contribution in [-0.2, 0) is 6.42 Å². The normalized spacial score (nSPS) is 18.4. The Morgan fingerprint density at radius 2 is 2.09 bits per heavy atom. The second-order valence-electron chi connectivity index (χ2n) is 6.58. The van der Waals surface area contributed by atoms with Gasteiger partial charge < -0.3 is 5.32 Å². The Labute approximate surface area is 134 Å². The average molecular weight is 307 g/mol. The van der Waals surface area contributed by atoms with E-state index in [0.29, 0.717) is 5.56 Å². The molecule has 0 saturated heterocycles. The number of nitriles is 1. The maximum atomic E-state index is 11.0. The van der Waals surface area contributed by atoms with E-state index in [4.69, 9.17) is 5.26 Å². The zero-order valence-corrected chi connectivity index (χ0v) is 13.0. The van der Waals surface area contributed by atoms with Gasteiger partial charge in [-0.3, -0.25) is 10.1 Å². The summed E-state index contributed by atoms with van der Waals surface area (Å²) in [6.45, 7) is 4.26. The molecule has 0 spiro atoms. The summed E-state index contributed by atoms with van der Waals surface area (Å²) in [5, 5.41) is 23.6. The molecule has 0 amide bonds. The number of non-ortho nitro benzene ring substituents is 1. The van der Waals surface area contributed by atoms with Gasteiger partial charge in [-0.2, -0.15) is 5.26 Å². The van der Waals surface area contributed by atoms with E-state index in [1.807, 2.05) is 18.2 Å². The molecule has 0 saturated carbocycles. The van der Waals surface area contributed by atoms with Crippen LogP contribution < -0.4 is 5.32 Å². The highest BCUT2D eigenvalue weighted by atomic mass is 16.6. The fraction of sp³-hybridized carbons (Fsp3) is 0.278. The molecule has 2 aromatic carbocycles. The Balaban J connectivity index is 2.02. The van der Waals surface area contributed by atoms with Crippen LogP contribution in [0, 0.1) is 26.9 Å². The second-order valence-corrected chi connectivity index (χ2v) is 6.58. The SMILES string of the molecule is CC1(C)Cc2cc(C#N)ccc2NC1c1cccc([N+](=O)[O-])c1. The molecule has 0 bridgehead atoms. The summed E-state index contributed by atoms with van der Waals surface area (Å²) in [6, 6.07) is 14.5. The highest BCUT2D eigenvalue weighted by Crippen LogP contribution is 2.45. The molecule has 1 heterocycles. The Morgan fingerprint density at radius 1 is 1.30 bits per heavy atom. The minimum Gasteiger partial charge on any atom is -0.377 e. The lowest BCUT2D eigenvalue weighted by Gasteiger charge is -2.41. The van der Waals surface area contributed by atoms with Gasteiger partial charge in [0.2, 0.25) is 0 Å². The van der Waals surface area contributed by atoms with Gasteiger partial charge in [0.15, 0.2) is 0 Å². The minimum atomic E-state index is -0.369. The molecular formula is C18H17N3O2. The third-order valence-electron chi connectivity index (χ3n) is 4.38. The molecule has 1 aliphatic heterocycles. The fourth-order valence-electron chi connectivity index (χ4n) is 3.25. The van der Waals surface area contributed by atoms with Crippen LogP contribution >= 0.6 is 0 Å². The predicted molar refractivity (Wildman–Crippen MR) is 88.1 cm³/mol. The lowest BCUT2D eigenvalue weighted by atomic mass is 9.72. The van der Waals surface area contributed by atoms with Crippen LogP contribution in [0.3, 0.4) is 0 Å². The minimum absolute atomic E-state index is 0.0252. The van der Waals surface area contributed by atoms with Gasteiger partial charge in [-0.15, -0.1) is 0 Å². The van der Waals surface area contributed by atoms with Crippen molar-refractivity contribution < 1.29 is 4.92 Å². The number of nitrogens with zero attached hydrogens (tertiary/aromatic N) is 2. The van der Waals surface area contributed by atoms with Crippen LogP contribution in [0.4, 0.5) is 11.4 Å². The highest BCUT2D eigenvalue weighted by Gasteiger charge is 2.36. The third-order valence-corrected chi connectivity index (χ3v) is 4.38. The standard InChI is InChI=1S/C18H17N3O2/c1-18(2)10-14-8-12(11-19)6-7-16(14)20-17(18)13-4-3-5-15(9-13)21(22)23/h3-9,17,20H,10H2,1-2H3. The van der Waals surface area contributed by atoms with Gasteiger partial charge in [0, 0.05) is 17.8 Å². The molecule has 5 nitrogen and oxygen atoms in total. The number of nitro benzene ring substituents is 1. The van der Waals surface area contributed by atoms with Crippen molar-refractivity contribution in [2.75, 3.05) is 5.32 Å². The first kappa shape index (κ1) is 15.0. The highest BCUT2D eigenvalue weighted by molar-refractivity contribution is 5.59. The number of nitro groups is 1. The maximum Gasteiger partial charge on any atom is 0.269 e. The van der Waals surface area contributed by atoms with Crippen molar-refractivity contribution in [2.45, 2.75) is 26.3 Å². The lowest BCUT2D eigenvalue weighted by Crippen LogP contribution is -2.35. The Morgan fingerprint density at radius 3 is 2.78 bits per heavy atom. The predicted octanol–water partition coefficient (Wildman–Crippen LogP) is 4.20. The van der Waals surface area contributed by atoms with E-state index in [-0.39, 0.29) is 22.1 Å². The van der Waals surface area contributed by atoms with Crippen LogP contribution in [0.1, 0.15) is 36.6 Å². The molecular weight excluding hydrogens is 290 g/mol. The molecule has 1 aliphatic rings. The quantitative estimate of drug-likeness (QED) is 0.666. The maximum absolute atomic E-state index is 11.0. The molecule has 5 heteroatoms. The molecule has 3 rings (SSSR count). The van der Waals surface area contributed by atoms with Gasteiger partial charge >= 0.3 is 0 Å². The van der Waals surface area contributed by atoms with Gasteiger partial charge in [-0.05, 0) is 41.2 Å².